The Kier molecular flexibility index (Phi) is 7.06. The molecule has 7 rings (SSSR count). The molecule has 1 heteroatoms. The third-order valence-corrected chi connectivity index (χ3v) is 10.7. The Morgan fingerprint density at radius 3 is 0.958 bits per heavy atom. The predicted molar refractivity (Wildman–Crippen MR) is 213 cm³/mol. The molecule has 0 unspecified atom stereocenters. The lowest BCUT2D eigenvalue weighted by molar-refractivity contribution is 0.420. The highest BCUT2D eigenvalue weighted by atomic mass is 16.5. The number of benzene rings is 7. The van der Waals surface area contributed by atoms with Gasteiger partial charge in [0.25, 0.3) is 0 Å². The van der Waals surface area contributed by atoms with Crippen molar-refractivity contribution in [3.63, 3.8) is 0 Å². The zero-order valence-corrected chi connectivity index (χ0v) is 31.4. The highest BCUT2D eigenvalue weighted by Crippen LogP contribution is 2.50. The summed E-state index contributed by atoms with van der Waals surface area (Å²) in [5.74, 6) is 0.936. The van der Waals surface area contributed by atoms with Gasteiger partial charge in [-0.1, -0.05) is 132 Å². The van der Waals surface area contributed by atoms with Gasteiger partial charge in [-0.15, -0.1) is 0 Å². The van der Waals surface area contributed by atoms with Crippen molar-refractivity contribution in [1.29, 1.82) is 0 Å². The van der Waals surface area contributed by atoms with Gasteiger partial charge in [0.1, 0.15) is 5.75 Å². The number of fused-ring (bicyclic) bond motifs is 13. The van der Waals surface area contributed by atoms with Crippen LogP contribution in [0, 0.1) is 0 Å². The molecule has 0 N–H and O–H groups in total. The highest BCUT2D eigenvalue weighted by Gasteiger charge is 2.25. The zero-order chi connectivity index (χ0) is 34.7. The summed E-state index contributed by atoms with van der Waals surface area (Å²) in [6, 6.07) is 31.0. The molecule has 7 aromatic carbocycles. The number of hydrogen-bond donors (Lipinski definition) is 0. The lowest BCUT2D eigenvalue weighted by Crippen LogP contribution is -2.11. The van der Waals surface area contributed by atoms with E-state index in [1.54, 1.807) is 0 Å². The minimum atomic E-state index is 0.00993. The molecule has 0 radical (unpaired) electrons. The maximum atomic E-state index is 6.45. The molecule has 0 heterocycles. The quantitative estimate of drug-likeness (QED) is 0.164. The van der Waals surface area contributed by atoms with Gasteiger partial charge < -0.3 is 4.74 Å². The van der Waals surface area contributed by atoms with Crippen LogP contribution in [0.1, 0.15) is 105 Å². The molecule has 0 aliphatic heterocycles. The van der Waals surface area contributed by atoms with E-state index in [1.807, 2.05) is 7.11 Å². The maximum Gasteiger partial charge on any atom is 0.127 e. The molecule has 0 aromatic heterocycles. The van der Waals surface area contributed by atoms with Gasteiger partial charge in [0.2, 0.25) is 0 Å². The van der Waals surface area contributed by atoms with E-state index >= 15 is 0 Å². The molecule has 0 aliphatic carbocycles. The average molecular weight is 633 g/mol. The molecule has 0 bridgehead atoms. The number of hydrogen-bond acceptors (Lipinski definition) is 1. The molecule has 0 saturated heterocycles. The summed E-state index contributed by atoms with van der Waals surface area (Å²) in [7, 11) is 1.84. The van der Waals surface area contributed by atoms with E-state index in [0.717, 1.165) is 5.75 Å². The highest BCUT2D eigenvalue weighted by molar-refractivity contribution is 6.40. The Morgan fingerprint density at radius 1 is 0.312 bits per heavy atom. The first-order valence-electron chi connectivity index (χ1n) is 17.6. The summed E-state index contributed by atoms with van der Waals surface area (Å²) in [5.41, 5.74) is 5.44. The summed E-state index contributed by atoms with van der Waals surface area (Å²) < 4.78 is 6.45. The van der Waals surface area contributed by atoms with E-state index in [1.165, 1.54) is 86.9 Å². The van der Waals surface area contributed by atoms with Crippen LogP contribution in [0.5, 0.6) is 5.75 Å². The van der Waals surface area contributed by atoms with Gasteiger partial charge in [0.05, 0.1) is 7.11 Å². The average Bonchev–Trinajstić information content (AvgIpc) is 3.01. The number of rotatable bonds is 1. The minimum Gasteiger partial charge on any atom is -0.496 e. The van der Waals surface area contributed by atoms with Gasteiger partial charge in [-0.2, -0.15) is 0 Å². The van der Waals surface area contributed by atoms with Crippen LogP contribution in [0.3, 0.4) is 0 Å². The summed E-state index contributed by atoms with van der Waals surface area (Å²) in [6.45, 7) is 27.8. The topological polar surface area (TPSA) is 9.23 Å². The molecule has 7 aromatic rings. The SMILES string of the molecule is COc1cc2c3cc(C(C)(C)C)ccc3c3ccc(C(C)(C)C)cc3c2c2c3cc(C(C)(C)C)ccc3c3ccc(C(C)(C)C)cc3c12. The number of methoxy groups -OCH3 is 1. The largest absolute Gasteiger partial charge is 0.496 e. The summed E-state index contributed by atoms with van der Waals surface area (Å²) in [4.78, 5) is 0. The van der Waals surface area contributed by atoms with Gasteiger partial charge in [0.15, 0.2) is 0 Å². The molecule has 48 heavy (non-hydrogen) atoms. The van der Waals surface area contributed by atoms with E-state index in [2.05, 4.69) is 162 Å². The molecule has 0 amide bonds. The molecular weight excluding hydrogens is 581 g/mol. The van der Waals surface area contributed by atoms with E-state index < -0.39 is 0 Å². The van der Waals surface area contributed by atoms with Gasteiger partial charge in [-0.3, -0.25) is 0 Å². The van der Waals surface area contributed by atoms with Crippen LogP contribution in [0.2, 0.25) is 0 Å². The second kappa shape index (κ2) is 10.4. The lowest BCUT2D eigenvalue weighted by atomic mass is 9.79. The van der Waals surface area contributed by atoms with Crippen molar-refractivity contribution < 1.29 is 4.74 Å². The lowest BCUT2D eigenvalue weighted by Gasteiger charge is -2.25. The molecule has 0 spiro atoms. The third kappa shape index (κ3) is 5.04. The normalized spacial score (nSPS) is 13.5. The molecule has 0 aliphatic rings. The Balaban J connectivity index is 1.88. The maximum absolute atomic E-state index is 6.45. The van der Waals surface area contributed by atoms with Crippen molar-refractivity contribution in [2.75, 3.05) is 7.11 Å². The molecule has 0 saturated carbocycles. The fraction of sp³-hybridized carbons (Fsp3) is 0.362. The summed E-state index contributed by atoms with van der Waals surface area (Å²) in [6.07, 6.45) is 0. The minimum absolute atomic E-state index is 0.00993. The molecular formula is C47H52O. The van der Waals surface area contributed by atoms with E-state index in [0.29, 0.717) is 0 Å². The van der Waals surface area contributed by atoms with Gasteiger partial charge in [0, 0.05) is 10.8 Å². The van der Waals surface area contributed by atoms with E-state index in [-0.39, 0.29) is 21.7 Å². The van der Waals surface area contributed by atoms with Crippen LogP contribution < -0.4 is 4.74 Å². The van der Waals surface area contributed by atoms with Crippen molar-refractivity contribution in [2.24, 2.45) is 0 Å². The van der Waals surface area contributed by atoms with Crippen LogP contribution in [0.4, 0.5) is 0 Å². The van der Waals surface area contributed by atoms with Crippen LogP contribution >= 0.6 is 0 Å². The van der Waals surface area contributed by atoms with Crippen molar-refractivity contribution in [1.82, 2.24) is 0 Å². The first-order valence-corrected chi connectivity index (χ1v) is 17.6. The standard InChI is InChI=1S/C47H52O/c1-44(2,3)27-14-18-31-32-19-15-28(45(4,5)6)23-36(32)41-39(35(31)22-27)26-40(48-13)42-37-24-29(46(7,8)9)16-20-33(37)34-21-17-30(47(10,11)12)25-38(34)43(41)42/h14-26H,1-13H3. The Hall–Kier alpha value is -4.10. The van der Waals surface area contributed by atoms with Gasteiger partial charge in [-0.05, 0) is 128 Å². The van der Waals surface area contributed by atoms with Crippen molar-refractivity contribution in [2.45, 2.75) is 105 Å². The summed E-state index contributed by atoms with van der Waals surface area (Å²) in [5, 5.41) is 15.4. The van der Waals surface area contributed by atoms with Crippen molar-refractivity contribution in [3.8, 4) is 5.75 Å². The smallest absolute Gasteiger partial charge is 0.127 e. The fourth-order valence-corrected chi connectivity index (χ4v) is 7.67. The van der Waals surface area contributed by atoms with Crippen molar-refractivity contribution in [3.05, 3.63) is 101 Å². The Labute approximate surface area is 287 Å². The Morgan fingerprint density at radius 2 is 0.604 bits per heavy atom. The van der Waals surface area contributed by atoms with Crippen LogP contribution in [0.15, 0.2) is 78.9 Å². The van der Waals surface area contributed by atoms with E-state index in [4.69, 9.17) is 4.74 Å². The predicted octanol–water partition coefficient (Wildman–Crippen LogP) is 13.8. The summed E-state index contributed by atoms with van der Waals surface area (Å²) >= 11 is 0. The number of ether oxygens (including phenoxy) is 1. The molecule has 1 nitrogen and oxygen atoms in total. The molecule has 246 valence electrons. The zero-order valence-electron chi connectivity index (χ0n) is 31.4. The molecule has 0 fully saturated rings. The van der Waals surface area contributed by atoms with Crippen LogP contribution in [-0.2, 0) is 21.7 Å². The van der Waals surface area contributed by atoms with Crippen LogP contribution in [0.25, 0.3) is 64.6 Å². The Bertz CT molecular complexity index is 2450. The van der Waals surface area contributed by atoms with Gasteiger partial charge in [-0.25, -0.2) is 0 Å². The van der Waals surface area contributed by atoms with Gasteiger partial charge >= 0.3 is 0 Å². The second-order valence-electron chi connectivity index (χ2n) is 18.3. The first kappa shape index (κ1) is 32.4. The van der Waals surface area contributed by atoms with Crippen LogP contribution in [-0.4, -0.2) is 7.11 Å². The van der Waals surface area contributed by atoms with Crippen molar-refractivity contribution >= 4 is 64.6 Å². The van der Waals surface area contributed by atoms with E-state index in [9.17, 15) is 0 Å². The third-order valence-electron chi connectivity index (χ3n) is 10.7. The first-order chi connectivity index (χ1) is 22.3. The monoisotopic (exact) mass is 632 g/mol. The molecule has 0 atom stereocenters. The fourth-order valence-electron chi connectivity index (χ4n) is 7.67. The second-order valence-corrected chi connectivity index (χ2v) is 18.3.